The third kappa shape index (κ3) is 7.49. The summed E-state index contributed by atoms with van der Waals surface area (Å²) in [5, 5.41) is 8.39. The van der Waals surface area contributed by atoms with Gasteiger partial charge in [0, 0.05) is 15.6 Å². The van der Waals surface area contributed by atoms with E-state index < -0.39 is 14.5 Å². The largest absolute Gasteiger partial charge is 1.00 e. The summed E-state index contributed by atoms with van der Waals surface area (Å²) in [6, 6.07) is 74.1. The molecule has 0 heterocycles. The van der Waals surface area contributed by atoms with Gasteiger partial charge in [0.05, 0.1) is 12.3 Å². The zero-order valence-corrected chi connectivity index (χ0v) is 33.5. The molecule has 0 N–H and O–H groups in total. The van der Waals surface area contributed by atoms with Crippen LogP contribution in [-0.4, -0.2) is 0 Å². The van der Waals surface area contributed by atoms with Crippen molar-refractivity contribution in [3.05, 3.63) is 216 Å². The highest BCUT2D eigenvalue weighted by Gasteiger charge is 2.48. The third-order valence-electron chi connectivity index (χ3n) is 9.16. The minimum Gasteiger partial charge on any atom is -1.00 e. The van der Waals surface area contributed by atoms with Gasteiger partial charge < -0.3 is 34.0 Å². The fourth-order valence-electron chi connectivity index (χ4n) is 6.93. The molecule has 0 amide bonds. The Bertz CT molecular complexity index is 1680. The molecule has 7 aromatic carbocycles. The van der Waals surface area contributed by atoms with Crippen LogP contribution in [0.3, 0.4) is 0 Å². The summed E-state index contributed by atoms with van der Waals surface area (Å²) in [6.07, 6.45) is 1.85. The van der Waals surface area contributed by atoms with E-state index in [-0.39, 0.29) is 34.0 Å². The van der Waals surface area contributed by atoms with Crippen molar-refractivity contribution in [3.63, 3.8) is 0 Å². The van der Waals surface area contributed by atoms with Gasteiger partial charge in [-0.15, -0.1) is 0 Å². The maximum Gasteiger partial charge on any atom is 0.116 e. The summed E-state index contributed by atoms with van der Waals surface area (Å²) in [5.74, 6) is 0. The molecule has 7 rings (SSSR count). The van der Waals surface area contributed by atoms with E-state index in [1.165, 1.54) is 47.4 Å². The van der Waals surface area contributed by atoms with E-state index in [4.69, 9.17) is 0 Å². The van der Waals surface area contributed by atoms with Gasteiger partial charge in [0.1, 0.15) is 46.4 Å². The maximum absolute atomic E-state index is 4.26. The predicted octanol–water partition coefficient (Wildman–Crippen LogP) is 3.45. The minimum absolute atomic E-state index is 0. The lowest BCUT2D eigenvalue weighted by molar-refractivity contribution is -0.001000. The Morgan fingerprint density at radius 3 is 0.694 bits per heavy atom. The van der Waals surface area contributed by atoms with Crippen LogP contribution < -0.4 is 65.8 Å². The molecule has 244 valence electrons. The number of hydrogen-bond donors (Lipinski definition) is 0. The topological polar surface area (TPSA) is 0 Å². The number of hydrogen-bond acceptors (Lipinski definition) is 0. The Kier molecular flexibility index (Phi) is 13.0. The van der Waals surface area contributed by atoms with Gasteiger partial charge in [-0.05, 0) is 88.7 Å². The fourth-order valence-corrected chi connectivity index (χ4v) is 16.4. The van der Waals surface area contributed by atoms with Gasteiger partial charge in [-0.2, -0.15) is 0 Å². The molecule has 0 bridgehead atoms. The zero-order valence-electron chi connectivity index (χ0n) is 27.0. The Balaban J connectivity index is 0.00000234. The van der Waals surface area contributed by atoms with Crippen LogP contribution in [0.2, 0.25) is 0 Å². The lowest BCUT2D eigenvalue weighted by atomic mass is 10.2. The average molecular weight is 867 g/mol. The van der Waals surface area contributed by atoms with Gasteiger partial charge >= 0.3 is 0 Å². The molecule has 0 saturated carbocycles. The monoisotopic (exact) mass is 864 g/mol. The van der Waals surface area contributed by atoms with Crippen molar-refractivity contribution in [2.24, 2.45) is 0 Å². The van der Waals surface area contributed by atoms with E-state index in [1.54, 1.807) is 0 Å². The summed E-state index contributed by atoms with van der Waals surface area (Å²) in [7, 11) is -4.14. The number of benzene rings is 7. The van der Waals surface area contributed by atoms with Crippen molar-refractivity contribution >= 4 is 62.3 Å². The van der Waals surface area contributed by atoms with Gasteiger partial charge in [0.15, 0.2) is 0 Å². The molecule has 7 aromatic rings. The van der Waals surface area contributed by atoms with Crippen LogP contribution in [0, 0.1) is 0 Å². The third-order valence-corrected chi connectivity index (χ3v) is 18.9. The molecule has 0 aromatic heterocycles. The molecule has 0 radical (unpaired) electrons. The first kappa shape index (κ1) is 37.1. The molecule has 0 saturated heterocycles. The lowest BCUT2D eigenvalue weighted by Gasteiger charge is -2.30. The van der Waals surface area contributed by atoms with Crippen LogP contribution in [0.1, 0.15) is 11.1 Å². The molecule has 0 aliphatic carbocycles. The maximum atomic E-state index is 4.26. The van der Waals surface area contributed by atoms with Gasteiger partial charge in [-0.3, -0.25) is 0 Å². The van der Waals surface area contributed by atoms with E-state index in [1.807, 2.05) is 0 Å². The molecule has 0 nitrogen and oxygen atoms in total. The summed E-state index contributed by atoms with van der Waals surface area (Å²) in [6.45, 7) is 0. The standard InChI is InChI=1S/C44H37BrP2.2BrH/c45-44-36(34-46(38-22-7-1-8-23-38,39-24-9-2-10-25-39)40-26-11-3-12-27-40)20-19-21-37(44)35-47(41-28-13-4-14-29-41,42-30-15-5-16-31-42)43-32-17-6-18-33-43;;/h1-33H,34-35H2;2*1H/q+2;;/p-2. The van der Waals surface area contributed by atoms with Crippen LogP contribution in [-0.2, 0) is 12.3 Å². The first-order chi connectivity index (χ1) is 23.2. The van der Waals surface area contributed by atoms with Crippen molar-refractivity contribution < 1.29 is 34.0 Å². The van der Waals surface area contributed by atoms with Crippen molar-refractivity contribution in [1.29, 1.82) is 0 Å². The smallest absolute Gasteiger partial charge is 0.116 e. The molecular weight excluding hydrogens is 830 g/mol. The Morgan fingerprint density at radius 2 is 0.490 bits per heavy atom. The van der Waals surface area contributed by atoms with Crippen LogP contribution in [0.15, 0.2) is 205 Å². The predicted molar refractivity (Wildman–Crippen MR) is 212 cm³/mol. The molecule has 0 spiro atoms. The van der Waals surface area contributed by atoms with Gasteiger partial charge in [0.25, 0.3) is 0 Å². The van der Waals surface area contributed by atoms with Crippen LogP contribution in [0.5, 0.6) is 0 Å². The first-order valence-electron chi connectivity index (χ1n) is 16.1. The van der Waals surface area contributed by atoms with E-state index in [0.29, 0.717) is 0 Å². The zero-order chi connectivity index (χ0) is 31.9. The molecule has 5 heteroatoms. The SMILES string of the molecule is Brc1c(C[P+](c2ccccc2)(c2ccccc2)c2ccccc2)cccc1C[P+](c1ccccc1)(c1ccccc1)c1ccccc1.[Br-].[Br-]. The Labute approximate surface area is 322 Å². The van der Waals surface area contributed by atoms with Crippen molar-refractivity contribution in [1.82, 2.24) is 0 Å². The molecular formula is C44H37Br3P2. The van der Waals surface area contributed by atoms with Crippen LogP contribution >= 0.6 is 30.5 Å². The lowest BCUT2D eigenvalue weighted by Crippen LogP contribution is -3.00. The van der Waals surface area contributed by atoms with Gasteiger partial charge in [-0.25, -0.2) is 0 Å². The number of rotatable bonds is 10. The highest BCUT2D eigenvalue weighted by molar-refractivity contribution is 9.10. The van der Waals surface area contributed by atoms with E-state index in [0.717, 1.165) is 12.3 Å². The second-order valence-corrected chi connectivity index (χ2v) is 19.6. The van der Waals surface area contributed by atoms with Crippen molar-refractivity contribution in [3.8, 4) is 0 Å². The second kappa shape index (κ2) is 17.2. The average Bonchev–Trinajstić information content (AvgIpc) is 3.16. The van der Waals surface area contributed by atoms with Crippen molar-refractivity contribution in [2.45, 2.75) is 12.3 Å². The van der Waals surface area contributed by atoms with Crippen LogP contribution in [0.4, 0.5) is 0 Å². The molecule has 0 atom stereocenters. The summed E-state index contributed by atoms with van der Waals surface area (Å²) < 4.78 is 1.22. The van der Waals surface area contributed by atoms with Gasteiger partial charge in [0.2, 0.25) is 0 Å². The first-order valence-corrected chi connectivity index (χ1v) is 20.8. The molecule has 49 heavy (non-hydrogen) atoms. The Hall–Kier alpha value is -3.16. The second-order valence-electron chi connectivity index (χ2n) is 11.8. The van der Waals surface area contributed by atoms with E-state index >= 15 is 0 Å². The molecule has 0 fully saturated rings. The highest BCUT2D eigenvalue weighted by Crippen LogP contribution is 2.61. The summed E-state index contributed by atoms with van der Waals surface area (Å²) in [4.78, 5) is 0. The molecule has 0 unspecified atom stereocenters. The quantitative estimate of drug-likeness (QED) is 0.185. The highest BCUT2D eigenvalue weighted by atomic mass is 79.9. The normalized spacial score (nSPS) is 11.2. The summed E-state index contributed by atoms with van der Waals surface area (Å²) >= 11 is 4.26. The van der Waals surface area contributed by atoms with Gasteiger partial charge in [-0.1, -0.05) is 127 Å². The minimum atomic E-state index is -2.07. The van der Waals surface area contributed by atoms with E-state index in [9.17, 15) is 0 Å². The fraction of sp³-hybridized carbons (Fsp3) is 0.0455. The molecule has 0 aliphatic heterocycles. The van der Waals surface area contributed by atoms with Crippen LogP contribution in [0.25, 0.3) is 0 Å². The summed E-state index contributed by atoms with van der Waals surface area (Å²) in [5.41, 5.74) is 2.69. The number of halogens is 3. The molecule has 0 aliphatic rings. The van der Waals surface area contributed by atoms with E-state index in [2.05, 4.69) is 216 Å². The van der Waals surface area contributed by atoms with Crippen molar-refractivity contribution in [2.75, 3.05) is 0 Å². The Morgan fingerprint density at radius 1 is 0.286 bits per heavy atom.